The minimum absolute atomic E-state index is 0.0250. The lowest BCUT2D eigenvalue weighted by atomic mass is 9.93. The molecule has 2 heterocycles. The fraction of sp³-hybridized carbons (Fsp3) is 0.533. The summed E-state index contributed by atoms with van der Waals surface area (Å²) in [6, 6.07) is 3.99. The van der Waals surface area contributed by atoms with Crippen LogP contribution in [-0.4, -0.2) is 16.9 Å². The minimum Gasteiger partial charge on any atom is -0.481 e. The van der Waals surface area contributed by atoms with E-state index in [1.165, 1.54) is 0 Å². The van der Waals surface area contributed by atoms with Crippen LogP contribution in [-0.2, 0) is 19.0 Å². The quantitative estimate of drug-likeness (QED) is 0.932. The second-order valence-electron chi connectivity index (χ2n) is 5.99. The van der Waals surface area contributed by atoms with Crippen LogP contribution >= 0.6 is 0 Å². The molecule has 0 fully saturated rings. The highest BCUT2D eigenvalue weighted by molar-refractivity contribution is 5.40. The molecule has 0 aromatic carbocycles. The van der Waals surface area contributed by atoms with Gasteiger partial charge in [0, 0.05) is 30.6 Å². The number of ether oxygens (including phenoxy) is 1. The van der Waals surface area contributed by atoms with E-state index in [0.29, 0.717) is 6.54 Å². The van der Waals surface area contributed by atoms with Crippen molar-refractivity contribution in [2.24, 2.45) is 7.05 Å². The standard InChI is InChI=1S/C15H23N3O2/c1-10-11(7-12(20-10)15(2,3)4)9-16-13-8-14(19-6)18(5)17-13/h7-8H,9H2,1-6H3,(H,16,17). The Morgan fingerprint density at radius 2 is 2.05 bits per heavy atom. The van der Waals surface area contributed by atoms with Crippen molar-refractivity contribution in [1.29, 1.82) is 0 Å². The largest absolute Gasteiger partial charge is 0.481 e. The summed E-state index contributed by atoms with van der Waals surface area (Å²) in [6.07, 6.45) is 0. The van der Waals surface area contributed by atoms with Gasteiger partial charge >= 0.3 is 0 Å². The van der Waals surface area contributed by atoms with Crippen molar-refractivity contribution in [3.8, 4) is 5.88 Å². The fourth-order valence-electron chi connectivity index (χ4n) is 1.98. The Hall–Kier alpha value is -1.91. The number of nitrogens with one attached hydrogen (secondary N) is 1. The van der Waals surface area contributed by atoms with Gasteiger partial charge in [-0.15, -0.1) is 0 Å². The normalized spacial score (nSPS) is 11.7. The van der Waals surface area contributed by atoms with E-state index in [1.54, 1.807) is 11.8 Å². The highest BCUT2D eigenvalue weighted by atomic mass is 16.5. The maximum absolute atomic E-state index is 5.83. The molecule has 110 valence electrons. The van der Waals surface area contributed by atoms with E-state index in [4.69, 9.17) is 9.15 Å². The zero-order chi connectivity index (χ0) is 14.9. The Morgan fingerprint density at radius 1 is 1.35 bits per heavy atom. The number of furan rings is 1. The fourth-order valence-corrected chi connectivity index (χ4v) is 1.98. The molecule has 5 nitrogen and oxygen atoms in total. The van der Waals surface area contributed by atoms with E-state index in [9.17, 15) is 0 Å². The third-order valence-electron chi connectivity index (χ3n) is 3.27. The first-order valence-corrected chi connectivity index (χ1v) is 6.73. The van der Waals surface area contributed by atoms with Gasteiger partial charge in [0.1, 0.15) is 11.5 Å². The molecule has 0 amide bonds. The molecule has 20 heavy (non-hydrogen) atoms. The second kappa shape index (κ2) is 5.23. The predicted molar refractivity (Wildman–Crippen MR) is 79.2 cm³/mol. The summed E-state index contributed by atoms with van der Waals surface area (Å²) in [6.45, 7) is 9.11. The Morgan fingerprint density at radius 3 is 2.55 bits per heavy atom. The number of nitrogens with zero attached hydrogens (tertiary/aromatic N) is 2. The van der Waals surface area contributed by atoms with Gasteiger partial charge in [0.05, 0.1) is 7.11 Å². The molecule has 0 aliphatic heterocycles. The smallest absolute Gasteiger partial charge is 0.213 e. The molecule has 2 aromatic rings. The Balaban J connectivity index is 2.09. The monoisotopic (exact) mass is 277 g/mol. The van der Waals surface area contributed by atoms with E-state index in [0.717, 1.165) is 28.8 Å². The van der Waals surface area contributed by atoms with Crippen LogP contribution in [0.5, 0.6) is 5.88 Å². The minimum atomic E-state index is 0.0250. The lowest BCUT2D eigenvalue weighted by molar-refractivity contribution is 0.373. The predicted octanol–water partition coefficient (Wildman–Crippen LogP) is 3.24. The van der Waals surface area contributed by atoms with Crippen molar-refractivity contribution in [2.45, 2.75) is 39.7 Å². The van der Waals surface area contributed by atoms with Gasteiger partial charge in [-0.1, -0.05) is 20.8 Å². The number of rotatable bonds is 4. The number of methoxy groups -OCH3 is 1. The number of anilines is 1. The van der Waals surface area contributed by atoms with Crippen molar-refractivity contribution >= 4 is 5.82 Å². The summed E-state index contributed by atoms with van der Waals surface area (Å²) in [5.41, 5.74) is 1.18. The third kappa shape index (κ3) is 2.98. The zero-order valence-electron chi connectivity index (χ0n) is 13.1. The molecule has 5 heteroatoms. The highest BCUT2D eigenvalue weighted by Crippen LogP contribution is 2.27. The summed E-state index contributed by atoms with van der Waals surface area (Å²) in [4.78, 5) is 0. The van der Waals surface area contributed by atoms with Crippen molar-refractivity contribution in [2.75, 3.05) is 12.4 Å². The number of hydrogen-bond acceptors (Lipinski definition) is 4. The molecular weight excluding hydrogens is 254 g/mol. The summed E-state index contributed by atoms with van der Waals surface area (Å²) < 4.78 is 12.7. The molecule has 2 rings (SSSR count). The van der Waals surface area contributed by atoms with Gasteiger partial charge in [0.15, 0.2) is 5.82 Å². The van der Waals surface area contributed by atoms with Crippen molar-refractivity contribution in [1.82, 2.24) is 9.78 Å². The van der Waals surface area contributed by atoms with Crippen LogP contribution in [0.3, 0.4) is 0 Å². The average Bonchev–Trinajstić information content (AvgIpc) is 2.89. The van der Waals surface area contributed by atoms with Crippen LogP contribution in [0, 0.1) is 6.92 Å². The second-order valence-corrected chi connectivity index (χ2v) is 5.99. The lowest BCUT2D eigenvalue weighted by Crippen LogP contribution is -2.09. The van der Waals surface area contributed by atoms with Crippen molar-refractivity contribution in [3.05, 3.63) is 29.2 Å². The molecular formula is C15H23N3O2. The van der Waals surface area contributed by atoms with Gasteiger partial charge in [-0.2, -0.15) is 5.10 Å². The van der Waals surface area contributed by atoms with Gasteiger partial charge in [0.2, 0.25) is 5.88 Å². The summed E-state index contributed by atoms with van der Waals surface area (Å²) in [5.74, 6) is 3.48. The van der Waals surface area contributed by atoms with Crippen LogP contribution < -0.4 is 10.1 Å². The molecule has 0 bridgehead atoms. The van der Waals surface area contributed by atoms with Gasteiger partial charge in [-0.05, 0) is 13.0 Å². The molecule has 0 aliphatic rings. The molecule has 0 saturated carbocycles. The van der Waals surface area contributed by atoms with Crippen LogP contribution in [0.4, 0.5) is 5.82 Å². The van der Waals surface area contributed by atoms with Crippen LogP contribution in [0.2, 0.25) is 0 Å². The van der Waals surface area contributed by atoms with Gasteiger partial charge in [0.25, 0.3) is 0 Å². The molecule has 0 aliphatic carbocycles. The lowest BCUT2D eigenvalue weighted by Gasteiger charge is -2.13. The Bertz CT molecular complexity index is 591. The molecule has 2 aromatic heterocycles. The van der Waals surface area contributed by atoms with Gasteiger partial charge < -0.3 is 14.5 Å². The average molecular weight is 277 g/mol. The van der Waals surface area contributed by atoms with E-state index in [-0.39, 0.29) is 5.41 Å². The molecule has 0 saturated heterocycles. The number of hydrogen-bond donors (Lipinski definition) is 1. The first-order valence-electron chi connectivity index (χ1n) is 6.73. The van der Waals surface area contributed by atoms with Crippen LogP contribution in [0.1, 0.15) is 37.9 Å². The Kier molecular flexibility index (Phi) is 3.79. The highest BCUT2D eigenvalue weighted by Gasteiger charge is 2.20. The zero-order valence-corrected chi connectivity index (χ0v) is 13.1. The van der Waals surface area contributed by atoms with Crippen LogP contribution in [0.25, 0.3) is 0 Å². The summed E-state index contributed by atoms with van der Waals surface area (Å²) in [5, 5.41) is 7.62. The van der Waals surface area contributed by atoms with Crippen molar-refractivity contribution < 1.29 is 9.15 Å². The first-order chi connectivity index (χ1) is 9.31. The van der Waals surface area contributed by atoms with E-state index >= 15 is 0 Å². The molecule has 0 unspecified atom stereocenters. The van der Waals surface area contributed by atoms with Crippen LogP contribution in [0.15, 0.2) is 16.5 Å². The SMILES string of the molecule is COc1cc(NCc2cc(C(C)(C)C)oc2C)nn1C. The maximum Gasteiger partial charge on any atom is 0.213 e. The van der Waals surface area contributed by atoms with Gasteiger partial charge in [-0.25, -0.2) is 4.68 Å². The summed E-state index contributed by atoms with van der Waals surface area (Å²) in [7, 11) is 3.49. The van der Waals surface area contributed by atoms with E-state index < -0.39 is 0 Å². The molecule has 0 spiro atoms. The first kappa shape index (κ1) is 14.5. The third-order valence-corrected chi connectivity index (χ3v) is 3.27. The molecule has 1 N–H and O–H groups in total. The maximum atomic E-state index is 5.83. The van der Waals surface area contributed by atoms with Crippen molar-refractivity contribution in [3.63, 3.8) is 0 Å². The van der Waals surface area contributed by atoms with E-state index in [1.807, 2.05) is 20.0 Å². The summed E-state index contributed by atoms with van der Waals surface area (Å²) >= 11 is 0. The molecule has 0 atom stereocenters. The number of aromatic nitrogens is 2. The molecule has 0 radical (unpaired) electrons. The number of aryl methyl sites for hydroxylation is 2. The van der Waals surface area contributed by atoms with E-state index in [2.05, 4.69) is 37.3 Å². The van der Waals surface area contributed by atoms with Gasteiger partial charge in [-0.3, -0.25) is 0 Å². The topological polar surface area (TPSA) is 52.2 Å². The Labute approximate surface area is 119 Å².